The van der Waals surface area contributed by atoms with E-state index in [1.807, 2.05) is 60.7 Å². The van der Waals surface area contributed by atoms with E-state index in [-0.39, 0.29) is 11.7 Å². The third-order valence-corrected chi connectivity index (χ3v) is 5.39. The van der Waals surface area contributed by atoms with Crippen molar-refractivity contribution in [3.63, 3.8) is 0 Å². The number of carbonyl (C=O) groups is 1. The Morgan fingerprint density at radius 3 is 2.63 bits per heavy atom. The van der Waals surface area contributed by atoms with E-state index in [9.17, 15) is 4.79 Å². The second kappa shape index (κ2) is 7.94. The van der Waals surface area contributed by atoms with E-state index < -0.39 is 0 Å². The van der Waals surface area contributed by atoms with Gasteiger partial charge in [-0.1, -0.05) is 54.2 Å². The van der Waals surface area contributed by atoms with Gasteiger partial charge in [0.25, 0.3) is 5.22 Å². The van der Waals surface area contributed by atoms with Gasteiger partial charge >= 0.3 is 0 Å². The minimum Gasteiger partial charge on any atom is -0.411 e. The molecule has 0 radical (unpaired) electrons. The molecule has 0 aliphatic rings. The van der Waals surface area contributed by atoms with Crippen molar-refractivity contribution in [2.24, 2.45) is 0 Å². The van der Waals surface area contributed by atoms with Gasteiger partial charge in [-0.25, -0.2) is 0 Å². The highest BCUT2D eigenvalue weighted by atomic mass is 79.9. The first kappa shape index (κ1) is 17.8. The van der Waals surface area contributed by atoms with Gasteiger partial charge < -0.3 is 9.73 Å². The summed E-state index contributed by atoms with van der Waals surface area (Å²) in [7, 11) is 0. The van der Waals surface area contributed by atoms with Gasteiger partial charge in [-0.2, -0.15) is 0 Å². The second-order valence-corrected chi connectivity index (χ2v) is 7.53. The number of carbonyl (C=O) groups excluding carboxylic acids is 1. The zero-order chi connectivity index (χ0) is 18.6. The number of nitrogens with zero attached hydrogens (tertiary/aromatic N) is 2. The molecule has 0 atom stereocenters. The fraction of sp³-hybridized carbons (Fsp3) is 0.0500. The molecule has 5 nitrogen and oxygen atoms in total. The highest BCUT2D eigenvalue weighted by molar-refractivity contribution is 9.10. The summed E-state index contributed by atoms with van der Waals surface area (Å²) < 4.78 is 6.53. The van der Waals surface area contributed by atoms with Gasteiger partial charge in [0.05, 0.1) is 11.4 Å². The molecule has 134 valence electrons. The number of rotatable bonds is 5. The number of benzene rings is 3. The van der Waals surface area contributed by atoms with Crippen LogP contribution in [0.2, 0.25) is 0 Å². The average molecular weight is 440 g/mol. The molecular formula is C20H14BrN3O2S. The highest BCUT2D eigenvalue weighted by Crippen LogP contribution is 2.27. The van der Waals surface area contributed by atoms with Crippen LogP contribution >= 0.6 is 27.7 Å². The largest absolute Gasteiger partial charge is 0.411 e. The normalized spacial score (nSPS) is 10.9. The lowest BCUT2D eigenvalue weighted by atomic mass is 10.1. The van der Waals surface area contributed by atoms with E-state index >= 15 is 0 Å². The maximum Gasteiger partial charge on any atom is 0.277 e. The summed E-state index contributed by atoms with van der Waals surface area (Å²) in [5.41, 5.74) is 1.58. The molecular weight excluding hydrogens is 426 g/mol. The smallest absolute Gasteiger partial charge is 0.277 e. The van der Waals surface area contributed by atoms with Crippen LogP contribution in [-0.2, 0) is 4.79 Å². The van der Waals surface area contributed by atoms with Crippen molar-refractivity contribution in [2.45, 2.75) is 5.22 Å². The first-order chi connectivity index (χ1) is 13.2. The molecule has 0 saturated carbocycles. The Morgan fingerprint density at radius 2 is 1.78 bits per heavy atom. The van der Waals surface area contributed by atoms with Crippen molar-refractivity contribution in [3.05, 3.63) is 71.2 Å². The number of fused-ring (bicyclic) bond motifs is 1. The molecule has 3 aromatic carbocycles. The summed E-state index contributed by atoms with van der Waals surface area (Å²) in [6.07, 6.45) is 0. The predicted octanol–water partition coefficient (Wildman–Crippen LogP) is 5.38. The molecule has 0 unspecified atom stereocenters. The lowest BCUT2D eigenvalue weighted by Gasteiger charge is -2.05. The number of amides is 1. The summed E-state index contributed by atoms with van der Waals surface area (Å²) >= 11 is 4.61. The lowest BCUT2D eigenvalue weighted by Crippen LogP contribution is -2.14. The Kier molecular flexibility index (Phi) is 5.22. The van der Waals surface area contributed by atoms with Crippen molar-refractivity contribution >= 4 is 50.1 Å². The van der Waals surface area contributed by atoms with Gasteiger partial charge in [-0.15, -0.1) is 10.2 Å². The summed E-state index contributed by atoms with van der Waals surface area (Å²) in [6, 6.07) is 21.5. The number of halogens is 1. The van der Waals surface area contributed by atoms with Crippen LogP contribution in [0.3, 0.4) is 0 Å². The number of para-hydroxylation sites is 1. The van der Waals surface area contributed by atoms with Gasteiger partial charge in [-0.05, 0) is 51.0 Å². The second-order valence-electron chi connectivity index (χ2n) is 5.75. The van der Waals surface area contributed by atoms with E-state index in [2.05, 4.69) is 37.5 Å². The van der Waals surface area contributed by atoms with Crippen LogP contribution in [0, 0.1) is 0 Å². The van der Waals surface area contributed by atoms with Crippen molar-refractivity contribution in [3.8, 4) is 11.5 Å². The molecule has 7 heteroatoms. The van der Waals surface area contributed by atoms with Crippen molar-refractivity contribution in [1.29, 1.82) is 0 Å². The van der Waals surface area contributed by atoms with Crippen LogP contribution < -0.4 is 5.32 Å². The zero-order valence-corrected chi connectivity index (χ0v) is 16.5. The number of nitrogens with one attached hydrogen (secondary N) is 1. The Hall–Kier alpha value is -2.64. The summed E-state index contributed by atoms with van der Waals surface area (Å²) in [5.74, 6) is 0.479. The highest BCUT2D eigenvalue weighted by Gasteiger charge is 2.12. The fourth-order valence-corrected chi connectivity index (χ4v) is 3.53. The molecule has 4 aromatic rings. The molecule has 0 bridgehead atoms. The Morgan fingerprint density at radius 1 is 1.00 bits per heavy atom. The standard InChI is InChI=1S/C20H14BrN3O2S/c21-16-7-3-4-8-17(16)22-18(25)12-27-20-24-23-19(26-20)15-10-9-13-5-1-2-6-14(13)11-15/h1-11H,12H2,(H,22,25). The lowest BCUT2D eigenvalue weighted by molar-refractivity contribution is -0.113. The first-order valence-electron chi connectivity index (χ1n) is 8.19. The zero-order valence-electron chi connectivity index (χ0n) is 14.1. The molecule has 27 heavy (non-hydrogen) atoms. The number of hydrogen-bond donors (Lipinski definition) is 1. The molecule has 1 N–H and O–H groups in total. The van der Waals surface area contributed by atoms with Crippen LogP contribution in [0.15, 0.2) is 80.8 Å². The summed E-state index contributed by atoms with van der Waals surface area (Å²) in [5, 5.41) is 13.6. The number of hydrogen-bond acceptors (Lipinski definition) is 5. The number of aromatic nitrogens is 2. The molecule has 4 rings (SSSR count). The van der Waals surface area contributed by atoms with E-state index in [1.165, 1.54) is 11.8 Å². The van der Waals surface area contributed by atoms with Gasteiger partial charge in [0.2, 0.25) is 11.8 Å². The third-order valence-electron chi connectivity index (χ3n) is 3.88. The van der Waals surface area contributed by atoms with Crippen LogP contribution in [-0.4, -0.2) is 21.9 Å². The third kappa shape index (κ3) is 4.20. The topological polar surface area (TPSA) is 68.0 Å². The van der Waals surface area contributed by atoms with Crippen LogP contribution in [0.25, 0.3) is 22.2 Å². The summed E-state index contributed by atoms with van der Waals surface area (Å²) in [4.78, 5) is 12.1. The number of anilines is 1. The van der Waals surface area contributed by atoms with Gasteiger partial charge in [0.1, 0.15) is 0 Å². The Bertz CT molecular complexity index is 1110. The number of thioether (sulfide) groups is 1. The molecule has 0 aliphatic carbocycles. The molecule has 1 aromatic heterocycles. The van der Waals surface area contributed by atoms with Gasteiger partial charge in [0.15, 0.2) is 0 Å². The predicted molar refractivity (Wildman–Crippen MR) is 111 cm³/mol. The van der Waals surface area contributed by atoms with E-state index in [4.69, 9.17) is 4.42 Å². The molecule has 0 spiro atoms. The average Bonchev–Trinajstić information content (AvgIpc) is 3.17. The van der Waals surface area contributed by atoms with Crippen molar-refractivity contribution in [2.75, 3.05) is 11.1 Å². The summed E-state index contributed by atoms with van der Waals surface area (Å²) in [6.45, 7) is 0. The van der Waals surface area contributed by atoms with Crippen LogP contribution in [0.1, 0.15) is 0 Å². The quantitative estimate of drug-likeness (QED) is 0.422. The van der Waals surface area contributed by atoms with Crippen LogP contribution in [0.5, 0.6) is 0 Å². The Balaban J connectivity index is 1.41. The van der Waals surface area contributed by atoms with Crippen molar-refractivity contribution < 1.29 is 9.21 Å². The molecule has 0 fully saturated rings. The van der Waals surface area contributed by atoms with Gasteiger partial charge in [-0.3, -0.25) is 4.79 Å². The molecule has 1 heterocycles. The molecule has 1 amide bonds. The SMILES string of the molecule is O=C(CSc1nnc(-c2ccc3ccccc3c2)o1)Nc1ccccc1Br. The minimum absolute atomic E-state index is 0.141. The minimum atomic E-state index is -0.141. The first-order valence-corrected chi connectivity index (χ1v) is 9.97. The molecule has 0 aliphatic heterocycles. The molecule has 0 saturated heterocycles. The van der Waals surface area contributed by atoms with Crippen molar-refractivity contribution in [1.82, 2.24) is 10.2 Å². The maximum absolute atomic E-state index is 12.1. The van der Waals surface area contributed by atoms with E-state index in [0.717, 1.165) is 26.5 Å². The Labute approximate surface area is 168 Å². The monoisotopic (exact) mass is 439 g/mol. The van der Waals surface area contributed by atoms with E-state index in [1.54, 1.807) is 0 Å². The fourth-order valence-electron chi connectivity index (χ4n) is 2.58. The van der Waals surface area contributed by atoms with Crippen LogP contribution in [0.4, 0.5) is 5.69 Å². The van der Waals surface area contributed by atoms with Gasteiger partial charge in [0, 0.05) is 10.0 Å². The van der Waals surface area contributed by atoms with E-state index in [0.29, 0.717) is 11.1 Å². The maximum atomic E-state index is 12.1.